The quantitative estimate of drug-likeness (QED) is 0.247. The maximum absolute atomic E-state index is 9.21. The molecule has 0 spiro atoms. The second-order valence-corrected chi connectivity index (χ2v) is 3.02. The van der Waals surface area contributed by atoms with Crippen LogP contribution in [0.15, 0.2) is 0 Å². The third-order valence-electron chi connectivity index (χ3n) is 1.98. The molecular weight excluding hydrogens is 182 g/mol. The van der Waals surface area contributed by atoms with Crippen molar-refractivity contribution in [1.29, 1.82) is 0 Å². The lowest BCUT2D eigenvalue weighted by atomic mass is 10.1. The van der Waals surface area contributed by atoms with E-state index in [0.29, 0.717) is 0 Å². The Hall–Kier alpha value is -0.280. The second kappa shape index (κ2) is 3.46. The Bertz CT molecular complexity index is 186. The lowest BCUT2D eigenvalue weighted by Crippen LogP contribution is -2.50. The van der Waals surface area contributed by atoms with E-state index in [1.165, 1.54) is 0 Å². The molecule has 1 heterocycles. The van der Waals surface area contributed by atoms with Gasteiger partial charge >= 0.3 is 0 Å². The molecule has 0 bridgehead atoms. The fraction of sp³-hybridized carbons (Fsp3) is 1.00. The maximum atomic E-state index is 9.21. The molecule has 1 aliphatic heterocycles. The number of aliphatic hydroxyl groups excluding tert-OH is 4. The Kier molecular flexibility index (Phi) is 2.88. The molecule has 1 rings (SSSR count). The Morgan fingerprint density at radius 2 is 2.00 bits per heavy atom. The van der Waals surface area contributed by atoms with E-state index in [-0.39, 0.29) is 0 Å². The van der Waals surface area contributed by atoms with Gasteiger partial charge in [-0.05, 0) is 0 Å². The number of ether oxygens (including phenoxy) is 1. The summed E-state index contributed by atoms with van der Waals surface area (Å²) < 4.78 is 4.55. The molecule has 1 fully saturated rings. The zero-order valence-corrected chi connectivity index (χ0v) is 6.74. The third-order valence-corrected chi connectivity index (χ3v) is 1.98. The molecule has 0 saturated carbocycles. The van der Waals surface area contributed by atoms with Crippen LogP contribution in [-0.4, -0.2) is 62.5 Å². The first-order chi connectivity index (χ1) is 5.90. The van der Waals surface area contributed by atoms with E-state index in [4.69, 9.17) is 26.2 Å². The average molecular weight is 195 g/mol. The molecule has 0 aromatic rings. The Balaban J connectivity index is 2.72. The van der Waals surface area contributed by atoms with Gasteiger partial charge in [-0.2, -0.15) is 0 Å². The Morgan fingerprint density at radius 3 is 2.31 bits per heavy atom. The van der Waals surface area contributed by atoms with Gasteiger partial charge < -0.3 is 30.3 Å². The van der Waals surface area contributed by atoms with Crippen LogP contribution in [0.2, 0.25) is 0 Å². The van der Waals surface area contributed by atoms with Crippen LogP contribution in [0.5, 0.6) is 0 Å². The largest absolute Gasteiger partial charge is 0.394 e. The van der Waals surface area contributed by atoms with Crippen LogP contribution >= 0.6 is 0 Å². The fourth-order valence-electron chi connectivity index (χ4n) is 1.19. The fourth-order valence-corrected chi connectivity index (χ4v) is 1.19. The molecule has 13 heavy (non-hydrogen) atoms. The van der Waals surface area contributed by atoms with Crippen molar-refractivity contribution in [2.45, 2.75) is 30.3 Å². The van der Waals surface area contributed by atoms with Crippen molar-refractivity contribution in [1.82, 2.24) is 0 Å². The molecule has 0 amide bonds. The summed E-state index contributed by atoms with van der Waals surface area (Å²) in [6.45, 7) is -0.662. The highest BCUT2D eigenvalue weighted by Crippen LogP contribution is 2.26. The molecule has 1 saturated heterocycles. The zero-order chi connectivity index (χ0) is 10.2. The van der Waals surface area contributed by atoms with E-state index in [1.54, 1.807) is 0 Å². The lowest BCUT2D eigenvalue weighted by molar-refractivity contribution is -0.234. The molecule has 0 aromatic heterocycles. The van der Waals surface area contributed by atoms with Crippen molar-refractivity contribution in [3.63, 3.8) is 0 Å². The third kappa shape index (κ3) is 1.81. The Morgan fingerprint density at radius 1 is 1.46 bits per heavy atom. The molecular formula is C6H13NO6. The van der Waals surface area contributed by atoms with Crippen molar-refractivity contribution < 1.29 is 30.3 Å². The molecule has 78 valence electrons. The summed E-state index contributed by atoms with van der Waals surface area (Å²) in [7, 11) is 0. The molecule has 5 atom stereocenters. The number of hydrogen-bond acceptors (Lipinski definition) is 7. The summed E-state index contributed by atoms with van der Waals surface area (Å²) in [5, 5.41) is 45.0. The summed E-state index contributed by atoms with van der Waals surface area (Å²) >= 11 is 0. The van der Waals surface area contributed by atoms with E-state index >= 15 is 0 Å². The van der Waals surface area contributed by atoms with Crippen LogP contribution in [0.3, 0.4) is 0 Å². The molecule has 1 aliphatic rings. The van der Waals surface area contributed by atoms with E-state index < -0.39 is 36.9 Å². The van der Waals surface area contributed by atoms with Crippen molar-refractivity contribution >= 4 is 0 Å². The van der Waals surface area contributed by atoms with Crippen molar-refractivity contribution in [2.24, 2.45) is 5.73 Å². The van der Waals surface area contributed by atoms with Crippen LogP contribution in [0.4, 0.5) is 0 Å². The van der Waals surface area contributed by atoms with Gasteiger partial charge in [-0.1, -0.05) is 0 Å². The predicted molar refractivity (Wildman–Crippen MR) is 39.1 cm³/mol. The first kappa shape index (κ1) is 10.8. The summed E-state index contributed by atoms with van der Waals surface area (Å²) in [6.07, 6.45) is -5.94. The van der Waals surface area contributed by atoms with Crippen LogP contribution in [0, 0.1) is 0 Å². The van der Waals surface area contributed by atoms with E-state index in [1.807, 2.05) is 0 Å². The minimum Gasteiger partial charge on any atom is -0.394 e. The summed E-state index contributed by atoms with van der Waals surface area (Å²) in [6, 6.07) is 0. The number of hydrogen-bond donors (Lipinski definition) is 6. The normalized spacial score (nSPS) is 48.0. The van der Waals surface area contributed by atoms with E-state index in [0.717, 1.165) is 0 Å². The summed E-state index contributed by atoms with van der Waals surface area (Å²) in [4.78, 5) is 0. The van der Waals surface area contributed by atoms with Gasteiger partial charge in [0, 0.05) is 0 Å². The van der Waals surface area contributed by atoms with Gasteiger partial charge in [-0.15, -0.1) is 0 Å². The van der Waals surface area contributed by atoms with Gasteiger partial charge in [-0.3, -0.25) is 5.73 Å². The first-order valence-corrected chi connectivity index (χ1v) is 3.74. The second-order valence-electron chi connectivity index (χ2n) is 3.02. The van der Waals surface area contributed by atoms with Crippen molar-refractivity contribution in [3.05, 3.63) is 0 Å². The van der Waals surface area contributed by atoms with Crippen LogP contribution in [-0.2, 0) is 4.74 Å². The highest BCUT2D eigenvalue weighted by atomic mass is 16.7. The van der Waals surface area contributed by atoms with Crippen molar-refractivity contribution in [2.75, 3.05) is 6.61 Å². The number of rotatable bonds is 2. The monoisotopic (exact) mass is 195 g/mol. The van der Waals surface area contributed by atoms with Gasteiger partial charge in [0.15, 0.2) is 6.10 Å². The number of aliphatic hydroxyl groups is 5. The molecule has 0 radical (unpaired) electrons. The molecule has 7 nitrogen and oxygen atoms in total. The van der Waals surface area contributed by atoms with Crippen LogP contribution < -0.4 is 5.73 Å². The highest BCUT2D eigenvalue weighted by molar-refractivity contribution is 4.95. The highest BCUT2D eigenvalue weighted by Gasteiger charge is 2.53. The van der Waals surface area contributed by atoms with Gasteiger partial charge in [-0.25, -0.2) is 0 Å². The summed E-state index contributed by atoms with van der Waals surface area (Å²) in [5.74, 6) is -2.39. The van der Waals surface area contributed by atoms with Gasteiger partial charge in [0.25, 0.3) is 5.91 Å². The molecule has 0 aromatic carbocycles. The average Bonchev–Trinajstić information content (AvgIpc) is 2.28. The van der Waals surface area contributed by atoms with Gasteiger partial charge in [0.1, 0.15) is 18.3 Å². The smallest absolute Gasteiger partial charge is 0.252 e. The predicted octanol–water partition coefficient (Wildman–Crippen LogP) is -3.94. The Labute approximate surface area is 74.0 Å². The van der Waals surface area contributed by atoms with E-state index in [2.05, 4.69) is 4.74 Å². The van der Waals surface area contributed by atoms with Crippen molar-refractivity contribution in [3.8, 4) is 0 Å². The van der Waals surface area contributed by atoms with Crippen LogP contribution in [0.1, 0.15) is 0 Å². The maximum Gasteiger partial charge on any atom is 0.252 e. The van der Waals surface area contributed by atoms with E-state index in [9.17, 15) is 5.11 Å². The van der Waals surface area contributed by atoms with Crippen LogP contribution in [0.25, 0.3) is 0 Å². The number of nitrogens with two attached hydrogens (primary N) is 1. The molecule has 1 unspecified atom stereocenters. The topological polar surface area (TPSA) is 136 Å². The molecule has 7 N–H and O–H groups in total. The zero-order valence-electron chi connectivity index (χ0n) is 6.74. The molecule has 0 aliphatic carbocycles. The SMILES string of the molecule is NC1(O)O[C@@H]([C@H](O)CO)[C@H](O)[C@H]1O. The minimum atomic E-state index is -2.39. The van der Waals surface area contributed by atoms with Gasteiger partial charge in [0.2, 0.25) is 0 Å². The first-order valence-electron chi connectivity index (χ1n) is 3.74. The molecule has 7 heteroatoms. The van der Waals surface area contributed by atoms with Gasteiger partial charge in [0.05, 0.1) is 6.61 Å². The standard InChI is InChI=1S/C6H13NO6/c7-6(12)5(11)3(10)4(13-6)2(9)1-8/h2-5,8-12H,1,7H2/t2-,3+,4+,5-,6?/m1/s1. The minimum absolute atomic E-state index is 0.662. The lowest BCUT2D eigenvalue weighted by Gasteiger charge is -2.20. The summed E-state index contributed by atoms with van der Waals surface area (Å²) in [5.41, 5.74) is 5.03.